The van der Waals surface area contributed by atoms with E-state index in [9.17, 15) is 4.79 Å². The summed E-state index contributed by atoms with van der Waals surface area (Å²) in [5, 5.41) is 0. The molecule has 0 aliphatic heterocycles. The molecule has 0 aliphatic carbocycles. The van der Waals surface area contributed by atoms with Crippen molar-refractivity contribution in [3.8, 4) is 0 Å². The summed E-state index contributed by atoms with van der Waals surface area (Å²) in [5.41, 5.74) is 6.35. The number of carbonyl (C=O) groups excluding carboxylic acids is 1. The smallest absolute Gasteiger partial charge is 0.146 e. The zero-order valence-electron chi connectivity index (χ0n) is 9.96. The van der Waals surface area contributed by atoms with Gasteiger partial charge in [-0.1, -0.05) is 48.8 Å². The van der Waals surface area contributed by atoms with E-state index in [2.05, 4.69) is 15.9 Å². The molecular weight excluding hydrogens is 266 g/mol. The first-order chi connectivity index (χ1) is 7.36. The molecule has 0 aromatic heterocycles. The molecule has 0 amide bonds. The van der Waals surface area contributed by atoms with Crippen LogP contribution in [-0.2, 0) is 4.79 Å². The van der Waals surface area contributed by atoms with E-state index < -0.39 is 0 Å². The first kappa shape index (κ1) is 13.4. The van der Waals surface area contributed by atoms with Gasteiger partial charge in [0.25, 0.3) is 0 Å². The maximum Gasteiger partial charge on any atom is 0.146 e. The summed E-state index contributed by atoms with van der Waals surface area (Å²) in [6.45, 7) is 6.14. The van der Waals surface area contributed by atoms with Gasteiger partial charge >= 0.3 is 0 Å². The van der Waals surface area contributed by atoms with E-state index in [0.717, 1.165) is 10.0 Å². The molecule has 0 bridgehead atoms. The maximum atomic E-state index is 12.2. The summed E-state index contributed by atoms with van der Waals surface area (Å²) in [7, 11) is 0. The fraction of sp³-hybridized carbons (Fsp3) is 0.462. The average molecular weight is 284 g/mol. The number of benzene rings is 1. The summed E-state index contributed by atoms with van der Waals surface area (Å²) >= 11 is 3.38. The SMILES string of the molecule is CC(C)(C)C(=O)[C@H](CN)c1ccc(Br)cc1. The Morgan fingerprint density at radius 3 is 2.19 bits per heavy atom. The molecule has 2 nitrogen and oxygen atoms in total. The summed E-state index contributed by atoms with van der Waals surface area (Å²) in [4.78, 5) is 12.2. The molecule has 1 aromatic rings. The Bertz CT molecular complexity index is 365. The van der Waals surface area contributed by atoms with E-state index >= 15 is 0 Å². The molecule has 0 unspecified atom stereocenters. The van der Waals surface area contributed by atoms with Crippen LogP contribution in [0.4, 0.5) is 0 Å². The number of carbonyl (C=O) groups is 1. The van der Waals surface area contributed by atoms with Crippen molar-refractivity contribution in [2.24, 2.45) is 11.1 Å². The largest absolute Gasteiger partial charge is 0.329 e. The normalized spacial score (nSPS) is 13.6. The first-order valence-corrected chi connectivity index (χ1v) is 6.15. The zero-order valence-corrected chi connectivity index (χ0v) is 11.5. The lowest BCUT2D eigenvalue weighted by Crippen LogP contribution is -2.31. The number of nitrogens with two attached hydrogens (primary N) is 1. The van der Waals surface area contributed by atoms with Gasteiger partial charge in [0.2, 0.25) is 0 Å². The van der Waals surface area contributed by atoms with Crippen molar-refractivity contribution in [3.63, 3.8) is 0 Å². The van der Waals surface area contributed by atoms with Crippen LogP contribution in [0.5, 0.6) is 0 Å². The van der Waals surface area contributed by atoms with Crippen LogP contribution < -0.4 is 5.73 Å². The lowest BCUT2D eigenvalue weighted by Gasteiger charge is -2.23. The lowest BCUT2D eigenvalue weighted by molar-refractivity contribution is -0.127. The second-order valence-corrected chi connectivity index (χ2v) is 5.87. The second kappa shape index (κ2) is 5.11. The Morgan fingerprint density at radius 1 is 1.31 bits per heavy atom. The predicted octanol–water partition coefficient (Wildman–Crippen LogP) is 3.11. The molecule has 1 atom stereocenters. The Morgan fingerprint density at radius 2 is 1.81 bits per heavy atom. The molecule has 0 saturated heterocycles. The third-order valence-electron chi connectivity index (χ3n) is 2.56. The quantitative estimate of drug-likeness (QED) is 0.926. The van der Waals surface area contributed by atoms with Crippen LogP contribution in [0.15, 0.2) is 28.7 Å². The summed E-state index contributed by atoms with van der Waals surface area (Å²) < 4.78 is 1.01. The monoisotopic (exact) mass is 283 g/mol. The highest BCUT2D eigenvalue weighted by atomic mass is 79.9. The second-order valence-electron chi connectivity index (χ2n) is 4.95. The molecule has 0 heterocycles. The molecule has 0 spiro atoms. The minimum absolute atomic E-state index is 0.192. The van der Waals surface area contributed by atoms with Crippen molar-refractivity contribution in [1.29, 1.82) is 0 Å². The molecule has 1 aromatic carbocycles. The minimum atomic E-state index is -0.350. The van der Waals surface area contributed by atoms with Crippen molar-refractivity contribution in [3.05, 3.63) is 34.3 Å². The van der Waals surface area contributed by atoms with E-state index in [1.54, 1.807) is 0 Å². The van der Waals surface area contributed by atoms with Gasteiger partial charge in [-0.05, 0) is 17.7 Å². The molecule has 0 fully saturated rings. The third-order valence-corrected chi connectivity index (χ3v) is 3.09. The Balaban J connectivity index is 2.99. The van der Waals surface area contributed by atoms with Crippen LogP contribution in [0.1, 0.15) is 32.3 Å². The standard InChI is InChI=1S/C13H18BrNO/c1-13(2,3)12(16)11(8-15)9-4-6-10(14)7-5-9/h4-7,11H,8,15H2,1-3H3/t11-/m1/s1. The van der Waals surface area contributed by atoms with Gasteiger partial charge in [-0.15, -0.1) is 0 Å². The van der Waals surface area contributed by atoms with Gasteiger partial charge in [0, 0.05) is 16.4 Å². The topological polar surface area (TPSA) is 43.1 Å². The van der Waals surface area contributed by atoms with Crippen LogP contribution >= 0.6 is 15.9 Å². The van der Waals surface area contributed by atoms with Gasteiger partial charge in [-0.2, -0.15) is 0 Å². The Labute approximate surface area is 105 Å². The van der Waals surface area contributed by atoms with Crippen LogP contribution in [0.2, 0.25) is 0 Å². The van der Waals surface area contributed by atoms with Crippen molar-refractivity contribution in [2.45, 2.75) is 26.7 Å². The van der Waals surface area contributed by atoms with E-state index in [4.69, 9.17) is 5.73 Å². The molecular formula is C13H18BrNO. The number of ketones is 1. The third kappa shape index (κ3) is 3.16. The highest BCUT2D eigenvalue weighted by Crippen LogP contribution is 2.27. The van der Waals surface area contributed by atoms with Crippen molar-refractivity contribution >= 4 is 21.7 Å². The molecule has 2 N–H and O–H groups in total. The molecule has 3 heteroatoms. The Kier molecular flexibility index (Phi) is 4.28. The first-order valence-electron chi connectivity index (χ1n) is 5.36. The lowest BCUT2D eigenvalue weighted by atomic mass is 9.80. The number of hydrogen-bond donors (Lipinski definition) is 1. The summed E-state index contributed by atoms with van der Waals surface area (Å²) in [5.74, 6) is -0.00887. The molecule has 88 valence electrons. The van der Waals surface area contributed by atoms with E-state index in [0.29, 0.717) is 6.54 Å². The predicted molar refractivity (Wildman–Crippen MR) is 70.4 cm³/mol. The highest BCUT2D eigenvalue weighted by Gasteiger charge is 2.29. The van der Waals surface area contributed by atoms with Gasteiger partial charge in [0.15, 0.2) is 0 Å². The number of hydrogen-bond acceptors (Lipinski definition) is 2. The fourth-order valence-corrected chi connectivity index (χ4v) is 1.88. The summed E-state index contributed by atoms with van der Waals surface area (Å²) in [6.07, 6.45) is 0. The van der Waals surface area contributed by atoms with Gasteiger partial charge < -0.3 is 5.73 Å². The molecule has 0 aliphatic rings. The van der Waals surface area contributed by atoms with E-state index in [-0.39, 0.29) is 17.1 Å². The molecule has 0 radical (unpaired) electrons. The molecule has 1 rings (SSSR count). The zero-order chi connectivity index (χ0) is 12.3. The van der Waals surface area contributed by atoms with Gasteiger partial charge in [-0.25, -0.2) is 0 Å². The number of rotatable bonds is 3. The van der Waals surface area contributed by atoms with Crippen LogP contribution in [-0.4, -0.2) is 12.3 Å². The van der Waals surface area contributed by atoms with Gasteiger partial charge in [0.1, 0.15) is 5.78 Å². The average Bonchev–Trinajstić information content (AvgIpc) is 2.20. The minimum Gasteiger partial charge on any atom is -0.329 e. The van der Waals surface area contributed by atoms with Crippen molar-refractivity contribution in [1.82, 2.24) is 0 Å². The number of Topliss-reactive ketones (excluding diaryl/α,β-unsaturated/α-hetero) is 1. The van der Waals surface area contributed by atoms with E-state index in [1.165, 1.54) is 0 Å². The van der Waals surface area contributed by atoms with Crippen molar-refractivity contribution in [2.75, 3.05) is 6.54 Å². The maximum absolute atomic E-state index is 12.2. The van der Waals surface area contributed by atoms with Gasteiger partial charge in [-0.3, -0.25) is 4.79 Å². The van der Waals surface area contributed by atoms with Crippen molar-refractivity contribution < 1.29 is 4.79 Å². The van der Waals surface area contributed by atoms with Crippen LogP contribution in [0.3, 0.4) is 0 Å². The van der Waals surface area contributed by atoms with E-state index in [1.807, 2.05) is 45.0 Å². The molecule has 0 saturated carbocycles. The Hall–Kier alpha value is -0.670. The van der Waals surface area contributed by atoms with Crippen LogP contribution in [0, 0.1) is 5.41 Å². The highest BCUT2D eigenvalue weighted by molar-refractivity contribution is 9.10. The fourth-order valence-electron chi connectivity index (χ4n) is 1.61. The summed E-state index contributed by atoms with van der Waals surface area (Å²) in [6, 6.07) is 7.78. The number of halogens is 1. The van der Waals surface area contributed by atoms with Crippen LogP contribution in [0.25, 0.3) is 0 Å². The molecule has 16 heavy (non-hydrogen) atoms. The van der Waals surface area contributed by atoms with Gasteiger partial charge in [0.05, 0.1) is 5.92 Å².